The number of halogens is 1. The van der Waals surface area contributed by atoms with Gasteiger partial charge in [0.25, 0.3) is 5.91 Å². The van der Waals surface area contributed by atoms with Gasteiger partial charge < -0.3 is 15.5 Å². The lowest BCUT2D eigenvalue weighted by Gasteiger charge is -2.26. The molecule has 0 saturated carbocycles. The number of furan rings is 1. The molecule has 0 atom stereocenters. The predicted octanol–water partition coefficient (Wildman–Crippen LogP) is 2.65. The van der Waals surface area contributed by atoms with E-state index in [9.17, 15) is 4.79 Å². The Morgan fingerprint density at radius 1 is 1.41 bits per heavy atom. The Morgan fingerprint density at radius 3 is 2.64 bits per heavy atom. The smallest absolute Gasteiger partial charge is 0.271 e. The van der Waals surface area contributed by atoms with Crippen molar-refractivity contribution in [3.63, 3.8) is 0 Å². The Kier molecular flexibility index (Phi) is 6.20. The average molecular weight is 327 g/mol. The molecule has 0 aromatic carbocycles. The molecular weight excluding hydrogens is 304 g/mol. The van der Waals surface area contributed by atoms with Crippen LogP contribution in [0, 0.1) is 6.92 Å². The van der Waals surface area contributed by atoms with E-state index in [0.29, 0.717) is 23.7 Å². The molecule has 2 rings (SSSR count). The molecule has 0 bridgehead atoms. The highest BCUT2D eigenvalue weighted by Gasteiger charge is 2.22. The maximum Gasteiger partial charge on any atom is 0.271 e. The van der Waals surface area contributed by atoms with Crippen LogP contribution in [0.15, 0.2) is 22.6 Å². The number of H-pyrrole nitrogens is 1. The highest BCUT2D eigenvalue weighted by atomic mass is 35.5. The summed E-state index contributed by atoms with van der Waals surface area (Å²) in [5.74, 6) is 1.23. The number of carbonyl (C=O) groups is 1. The number of nitrogens with two attached hydrogens (primary N) is 1. The minimum atomic E-state index is -0.368. The molecule has 0 unspecified atom stereocenters. The molecule has 2 heterocycles. The van der Waals surface area contributed by atoms with Crippen molar-refractivity contribution >= 4 is 18.3 Å². The third kappa shape index (κ3) is 4.11. The van der Waals surface area contributed by atoms with Crippen LogP contribution in [0.5, 0.6) is 0 Å². The minimum absolute atomic E-state index is 0. The molecule has 122 valence electrons. The molecule has 2 aromatic rings. The van der Waals surface area contributed by atoms with Gasteiger partial charge in [-0.2, -0.15) is 5.10 Å². The van der Waals surface area contributed by atoms with Crippen molar-refractivity contribution in [2.75, 3.05) is 6.54 Å². The van der Waals surface area contributed by atoms with Crippen LogP contribution in [-0.2, 0) is 0 Å². The van der Waals surface area contributed by atoms with Gasteiger partial charge in [-0.15, -0.1) is 12.4 Å². The molecule has 22 heavy (non-hydrogen) atoms. The molecule has 6 nitrogen and oxygen atoms in total. The van der Waals surface area contributed by atoms with Gasteiger partial charge in [0.2, 0.25) is 0 Å². The summed E-state index contributed by atoms with van der Waals surface area (Å²) >= 11 is 0. The number of carbonyl (C=O) groups excluding carboxylic acids is 1. The van der Waals surface area contributed by atoms with E-state index < -0.39 is 0 Å². The van der Waals surface area contributed by atoms with Gasteiger partial charge in [-0.05, 0) is 31.9 Å². The summed E-state index contributed by atoms with van der Waals surface area (Å²) in [4.78, 5) is 12.1. The van der Waals surface area contributed by atoms with Crippen molar-refractivity contribution in [1.29, 1.82) is 0 Å². The van der Waals surface area contributed by atoms with Gasteiger partial charge in [-0.1, -0.05) is 13.8 Å². The van der Waals surface area contributed by atoms with Crippen molar-refractivity contribution in [1.82, 2.24) is 15.5 Å². The summed E-state index contributed by atoms with van der Waals surface area (Å²) in [6.45, 7) is 6.33. The average Bonchev–Trinajstić information content (AvgIpc) is 3.13. The molecule has 0 aliphatic carbocycles. The number of aromatic nitrogens is 2. The second-order valence-corrected chi connectivity index (χ2v) is 5.33. The maximum atomic E-state index is 12.1. The number of amides is 1. The summed E-state index contributed by atoms with van der Waals surface area (Å²) in [5.41, 5.74) is 6.80. The Labute approximate surface area is 136 Å². The van der Waals surface area contributed by atoms with E-state index in [4.69, 9.17) is 10.2 Å². The highest BCUT2D eigenvalue weighted by Crippen LogP contribution is 2.20. The Morgan fingerprint density at radius 2 is 2.09 bits per heavy atom. The Bertz CT molecular complexity index is 617. The van der Waals surface area contributed by atoms with Crippen LogP contribution in [0.4, 0.5) is 0 Å². The van der Waals surface area contributed by atoms with Crippen LogP contribution < -0.4 is 11.1 Å². The SMILES string of the molecule is CCC(N)(CC)CNC(=O)c1cc(-c2ccc(C)o2)[nH]n1.Cl. The van der Waals surface area contributed by atoms with Crippen molar-refractivity contribution in [2.45, 2.75) is 39.2 Å². The first-order valence-electron chi connectivity index (χ1n) is 7.16. The fourth-order valence-corrected chi connectivity index (χ4v) is 1.99. The molecule has 2 aromatic heterocycles. The Hall–Kier alpha value is -1.79. The van der Waals surface area contributed by atoms with Crippen LogP contribution >= 0.6 is 12.4 Å². The normalized spacial score (nSPS) is 11.1. The molecule has 4 N–H and O–H groups in total. The van der Waals surface area contributed by atoms with Gasteiger partial charge in [0.1, 0.15) is 11.5 Å². The minimum Gasteiger partial charge on any atom is -0.460 e. The molecule has 0 radical (unpaired) electrons. The first kappa shape index (κ1) is 18.3. The first-order valence-corrected chi connectivity index (χ1v) is 7.16. The fraction of sp³-hybridized carbons (Fsp3) is 0.467. The third-order valence-corrected chi connectivity index (χ3v) is 3.83. The zero-order chi connectivity index (χ0) is 15.5. The molecular formula is C15H23ClN4O2. The van der Waals surface area contributed by atoms with Crippen LogP contribution in [0.2, 0.25) is 0 Å². The highest BCUT2D eigenvalue weighted by molar-refractivity contribution is 5.93. The number of nitrogens with one attached hydrogen (secondary N) is 2. The van der Waals surface area contributed by atoms with E-state index in [0.717, 1.165) is 18.6 Å². The van der Waals surface area contributed by atoms with E-state index in [1.165, 1.54) is 0 Å². The van der Waals surface area contributed by atoms with Gasteiger partial charge in [-0.25, -0.2) is 0 Å². The molecule has 1 amide bonds. The van der Waals surface area contributed by atoms with E-state index in [2.05, 4.69) is 15.5 Å². The zero-order valence-electron chi connectivity index (χ0n) is 13.1. The maximum absolute atomic E-state index is 12.1. The van der Waals surface area contributed by atoms with Crippen molar-refractivity contribution in [3.8, 4) is 11.5 Å². The molecule has 0 spiro atoms. The number of aryl methyl sites for hydroxylation is 1. The Balaban J connectivity index is 0.00000242. The van der Waals surface area contributed by atoms with Crippen molar-refractivity contribution < 1.29 is 9.21 Å². The number of hydrogen-bond donors (Lipinski definition) is 3. The standard InChI is InChI=1S/C15H22N4O2.ClH/c1-4-15(16,5-2)9-17-14(20)12-8-11(18-19-12)13-7-6-10(3)21-13;/h6-8H,4-5,9,16H2,1-3H3,(H,17,20)(H,18,19);1H. The first-order chi connectivity index (χ1) is 9.97. The van der Waals surface area contributed by atoms with Crippen LogP contribution in [-0.4, -0.2) is 28.2 Å². The molecule has 0 fully saturated rings. The second kappa shape index (κ2) is 7.47. The summed E-state index contributed by atoms with van der Waals surface area (Å²) in [7, 11) is 0. The van der Waals surface area contributed by atoms with E-state index in [1.54, 1.807) is 6.07 Å². The van der Waals surface area contributed by atoms with Crippen LogP contribution in [0.3, 0.4) is 0 Å². The lowest BCUT2D eigenvalue weighted by Crippen LogP contribution is -2.49. The van der Waals surface area contributed by atoms with Gasteiger partial charge in [0.15, 0.2) is 11.5 Å². The van der Waals surface area contributed by atoms with E-state index in [-0.39, 0.29) is 23.9 Å². The molecule has 0 aliphatic heterocycles. The van der Waals surface area contributed by atoms with Gasteiger partial charge in [0, 0.05) is 18.2 Å². The van der Waals surface area contributed by atoms with Crippen LogP contribution in [0.25, 0.3) is 11.5 Å². The van der Waals surface area contributed by atoms with Gasteiger partial charge >= 0.3 is 0 Å². The molecule has 0 saturated heterocycles. The number of rotatable bonds is 6. The lowest BCUT2D eigenvalue weighted by atomic mass is 9.94. The largest absolute Gasteiger partial charge is 0.460 e. The van der Waals surface area contributed by atoms with Crippen molar-refractivity contribution in [3.05, 3.63) is 29.7 Å². The summed E-state index contributed by atoms with van der Waals surface area (Å²) in [5, 5.41) is 9.66. The topological polar surface area (TPSA) is 96.9 Å². The number of aromatic amines is 1. The predicted molar refractivity (Wildman–Crippen MR) is 88.1 cm³/mol. The quantitative estimate of drug-likeness (QED) is 0.760. The lowest BCUT2D eigenvalue weighted by molar-refractivity contribution is 0.0937. The van der Waals surface area contributed by atoms with Crippen LogP contribution in [0.1, 0.15) is 42.9 Å². The van der Waals surface area contributed by atoms with Crippen molar-refractivity contribution in [2.24, 2.45) is 5.73 Å². The number of nitrogens with zero attached hydrogens (tertiary/aromatic N) is 1. The zero-order valence-corrected chi connectivity index (χ0v) is 13.9. The fourth-order valence-electron chi connectivity index (χ4n) is 1.99. The summed E-state index contributed by atoms with van der Waals surface area (Å²) in [6, 6.07) is 5.37. The van der Waals surface area contributed by atoms with E-state index in [1.807, 2.05) is 32.9 Å². The second-order valence-electron chi connectivity index (χ2n) is 5.33. The summed E-state index contributed by atoms with van der Waals surface area (Å²) in [6.07, 6.45) is 1.61. The monoisotopic (exact) mass is 326 g/mol. The third-order valence-electron chi connectivity index (χ3n) is 3.83. The summed E-state index contributed by atoms with van der Waals surface area (Å²) < 4.78 is 5.49. The van der Waals surface area contributed by atoms with Gasteiger partial charge in [-0.3, -0.25) is 9.89 Å². The van der Waals surface area contributed by atoms with Gasteiger partial charge in [0.05, 0.1) is 0 Å². The number of hydrogen-bond acceptors (Lipinski definition) is 4. The molecule has 7 heteroatoms. The molecule has 0 aliphatic rings. The van der Waals surface area contributed by atoms with E-state index >= 15 is 0 Å².